The average Bonchev–Trinajstić information content (AvgIpc) is 2.42. The summed E-state index contributed by atoms with van der Waals surface area (Å²) in [5.74, 6) is -0.865. The van der Waals surface area contributed by atoms with Crippen LogP contribution in [0.25, 0.3) is 0 Å². The van der Waals surface area contributed by atoms with Gasteiger partial charge in [0.15, 0.2) is 5.12 Å². The molecular weight excluding hydrogens is 284 g/mol. The normalized spacial score (nSPS) is 13.6. The molecule has 0 fully saturated rings. The van der Waals surface area contributed by atoms with Crippen molar-refractivity contribution >= 4 is 22.8 Å². The molecule has 2 atom stereocenters. The molecule has 0 bridgehead atoms. The van der Waals surface area contributed by atoms with E-state index in [-0.39, 0.29) is 22.0 Å². The number of methoxy groups -OCH3 is 1. The molecule has 2 unspecified atom stereocenters. The van der Waals surface area contributed by atoms with Crippen LogP contribution in [-0.2, 0) is 4.79 Å². The van der Waals surface area contributed by atoms with Crippen LogP contribution in [0.5, 0.6) is 5.75 Å². The van der Waals surface area contributed by atoms with Crippen molar-refractivity contribution in [2.45, 2.75) is 19.1 Å². The van der Waals surface area contributed by atoms with E-state index in [1.807, 2.05) is 0 Å². The molecule has 0 aliphatic carbocycles. The van der Waals surface area contributed by atoms with Crippen molar-refractivity contribution in [1.29, 1.82) is 0 Å². The third-order valence-electron chi connectivity index (χ3n) is 2.63. The van der Waals surface area contributed by atoms with Crippen molar-refractivity contribution in [2.75, 3.05) is 12.9 Å². The summed E-state index contributed by atoms with van der Waals surface area (Å²) in [6.45, 7) is 1.35. The maximum Gasteiger partial charge on any atom is 0.336 e. The van der Waals surface area contributed by atoms with Crippen LogP contribution in [0.1, 0.15) is 28.9 Å². The van der Waals surface area contributed by atoms with Gasteiger partial charge >= 0.3 is 5.97 Å². The van der Waals surface area contributed by atoms with Gasteiger partial charge in [0.2, 0.25) is 0 Å². The zero-order valence-corrected chi connectivity index (χ0v) is 11.9. The van der Waals surface area contributed by atoms with Crippen molar-refractivity contribution in [2.24, 2.45) is 0 Å². The summed E-state index contributed by atoms with van der Waals surface area (Å²) in [7, 11) is 1.41. The van der Waals surface area contributed by atoms with Crippen LogP contribution in [0, 0.1) is 0 Å². The maximum absolute atomic E-state index is 11.1. The summed E-state index contributed by atoms with van der Waals surface area (Å²) in [5.41, 5.74) is -0.0707. The van der Waals surface area contributed by atoms with Gasteiger partial charge in [-0.05, 0) is 18.2 Å². The van der Waals surface area contributed by atoms with E-state index in [2.05, 4.69) is 0 Å². The summed E-state index contributed by atoms with van der Waals surface area (Å²) in [4.78, 5) is 22.0. The Balaban J connectivity index is 3.02. The Kier molecular flexibility index (Phi) is 6.00. The fourth-order valence-corrected chi connectivity index (χ4v) is 2.20. The van der Waals surface area contributed by atoms with Crippen molar-refractivity contribution in [3.8, 4) is 5.75 Å². The van der Waals surface area contributed by atoms with Gasteiger partial charge in [-0.15, -0.1) is 0 Å². The van der Waals surface area contributed by atoms with Crippen LogP contribution in [0.4, 0.5) is 0 Å². The molecule has 6 nitrogen and oxygen atoms in total. The predicted octanol–water partition coefficient (Wildman–Crippen LogP) is 1.07. The van der Waals surface area contributed by atoms with Gasteiger partial charge in [0.25, 0.3) is 0 Å². The summed E-state index contributed by atoms with van der Waals surface area (Å²) < 4.78 is 4.97. The summed E-state index contributed by atoms with van der Waals surface area (Å²) >= 11 is 0.859. The Morgan fingerprint density at radius 2 is 2.00 bits per heavy atom. The quantitative estimate of drug-likeness (QED) is 0.721. The number of carbonyl (C=O) groups is 2. The zero-order valence-electron chi connectivity index (χ0n) is 11.1. The number of carboxylic acid groups (broad SMARTS) is 1. The first kappa shape index (κ1) is 16.5. The van der Waals surface area contributed by atoms with Gasteiger partial charge in [-0.2, -0.15) is 0 Å². The van der Waals surface area contributed by atoms with Crippen LogP contribution >= 0.6 is 11.8 Å². The van der Waals surface area contributed by atoms with E-state index in [0.717, 1.165) is 11.8 Å². The molecule has 0 heterocycles. The highest BCUT2D eigenvalue weighted by Gasteiger charge is 2.24. The molecule has 1 rings (SSSR count). The number of carbonyl (C=O) groups excluding carboxylic acids is 1. The van der Waals surface area contributed by atoms with E-state index >= 15 is 0 Å². The molecule has 0 aliphatic heterocycles. The van der Waals surface area contributed by atoms with Gasteiger partial charge in [-0.3, -0.25) is 4.79 Å². The molecule has 7 heteroatoms. The van der Waals surface area contributed by atoms with Gasteiger partial charge in [0.1, 0.15) is 11.9 Å². The minimum absolute atomic E-state index is 0.0211. The Bertz CT molecular complexity index is 502. The van der Waals surface area contributed by atoms with Gasteiger partial charge in [0.05, 0.1) is 18.8 Å². The molecule has 1 aromatic rings. The molecule has 0 saturated carbocycles. The van der Waals surface area contributed by atoms with E-state index in [9.17, 15) is 19.8 Å². The second kappa shape index (κ2) is 7.28. The number of benzene rings is 1. The van der Waals surface area contributed by atoms with Gasteiger partial charge in [0, 0.05) is 18.2 Å². The lowest BCUT2D eigenvalue weighted by Crippen LogP contribution is -2.23. The van der Waals surface area contributed by atoms with Crippen LogP contribution in [0.3, 0.4) is 0 Å². The maximum atomic E-state index is 11.1. The molecule has 1 aromatic carbocycles. The third kappa shape index (κ3) is 4.22. The lowest BCUT2D eigenvalue weighted by molar-refractivity contribution is -0.109. The first-order valence-electron chi connectivity index (χ1n) is 5.77. The molecule has 0 aromatic heterocycles. The first-order valence-corrected chi connectivity index (χ1v) is 6.76. The predicted molar refractivity (Wildman–Crippen MR) is 74.1 cm³/mol. The molecule has 110 valence electrons. The molecule has 0 aliphatic rings. The minimum Gasteiger partial charge on any atom is -0.497 e. The molecule has 0 radical (unpaired) electrons. The smallest absolute Gasteiger partial charge is 0.336 e. The summed E-state index contributed by atoms with van der Waals surface area (Å²) in [6, 6.07) is 4.11. The highest BCUT2D eigenvalue weighted by Crippen LogP contribution is 2.27. The van der Waals surface area contributed by atoms with Gasteiger partial charge in [-0.25, -0.2) is 4.79 Å². The highest BCUT2D eigenvalue weighted by molar-refractivity contribution is 8.13. The van der Waals surface area contributed by atoms with Crippen molar-refractivity contribution in [3.63, 3.8) is 0 Å². The topological polar surface area (TPSA) is 104 Å². The van der Waals surface area contributed by atoms with Crippen LogP contribution < -0.4 is 4.74 Å². The van der Waals surface area contributed by atoms with Gasteiger partial charge < -0.3 is 20.1 Å². The monoisotopic (exact) mass is 300 g/mol. The lowest BCUT2D eigenvalue weighted by Gasteiger charge is -2.19. The van der Waals surface area contributed by atoms with Gasteiger partial charge in [-0.1, -0.05) is 11.8 Å². The number of aliphatic hydroxyl groups is 2. The van der Waals surface area contributed by atoms with Crippen molar-refractivity contribution in [3.05, 3.63) is 29.3 Å². The highest BCUT2D eigenvalue weighted by atomic mass is 32.2. The number of rotatable bonds is 6. The number of aliphatic hydroxyl groups excluding tert-OH is 2. The van der Waals surface area contributed by atoms with E-state index in [1.165, 1.54) is 32.2 Å². The number of carboxylic acids is 1. The van der Waals surface area contributed by atoms with Crippen LogP contribution in [0.2, 0.25) is 0 Å². The molecule has 3 N–H and O–H groups in total. The second-order valence-electron chi connectivity index (χ2n) is 4.07. The number of aromatic carboxylic acids is 1. The first-order chi connectivity index (χ1) is 9.36. The molecule has 20 heavy (non-hydrogen) atoms. The van der Waals surface area contributed by atoms with Crippen molar-refractivity contribution < 1.29 is 29.6 Å². The third-order valence-corrected chi connectivity index (χ3v) is 3.54. The Hall–Kier alpha value is -1.57. The SMILES string of the molecule is COc1ccc(C(=O)O)c(C(O)C(O)CSC(C)=O)c1. The van der Waals surface area contributed by atoms with E-state index in [1.54, 1.807) is 0 Å². The Labute approximate surface area is 120 Å². The Morgan fingerprint density at radius 1 is 1.35 bits per heavy atom. The fourth-order valence-electron chi connectivity index (χ4n) is 1.61. The van der Waals surface area contributed by atoms with Crippen molar-refractivity contribution in [1.82, 2.24) is 0 Å². The lowest BCUT2D eigenvalue weighted by atomic mass is 9.99. The molecule has 0 spiro atoms. The standard InChI is InChI=1S/C13H16O6S/c1-7(14)20-6-11(15)12(16)10-5-8(19-2)3-4-9(10)13(17)18/h3-5,11-12,15-16H,6H2,1-2H3,(H,17,18). The van der Waals surface area contributed by atoms with E-state index < -0.39 is 18.2 Å². The van der Waals surface area contributed by atoms with E-state index in [4.69, 9.17) is 9.84 Å². The Morgan fingerprint density at radius 3 is 2.50 bits per heavy atom. The van der Waals surface area contributed by atoms with E-state index in [0.29, 0.717) is 5.75 Å². The molecule has 0 saturated heterocycles. The number of thioether (sulfide) groups is 1. The van der Waals surface area contributed by atoms with Crippen LogP contribution in [0.15, 0.2) is 18.2 Å². The number of hydrogen-bond donors (Lipinski definition) is 3. The summed E-state index contributed by atoms with van der Waals surface area (Å²) in [6.07, 6.45) is -2.67. The molecule has 0 amide bonds. The fraction of sp³-hybridized carbons (Fsp3) is 0.385. The minimum atomic E-state index is -1.41. The second-order valence-corrected chi connectivity index (χ2v) is 5.27. The summed E-state index contributed by atoms with van der Waals surface area (Å²) in [5, 5.41) is 28.8. The zero-order chi connectivity index (χ0) is 15.3. The number of hydrogen-bond acceptors (Lipinski definition) is 6. The molecular formula is C13H16O6S. The number of ether oxygens (including phenoxy) is 1. The largest absolute Gasteiger partial charge is 0.497 e. The van der Waals surface area contributed by atoms with Crippen LogP contribution in [-0.4, -0.2) is 45.4 Å². The average molecular weight is 300 g/mol.